The number of likely N-dealkylation sites (N-methyl/N-ethyl adjacent to an activating group) is 1. The van der Waals surface area contributed by atoms with Gasteiger partial charge in [0, 0.05) is 13.1 Å². The molecule has 0 aromatic heterocycles. The summed E-state index contributed by atoms with van der Waals surface area (Å²) in [6, 6.07) is 8.37. The molecular weight excluding hydrogens is 226 g/mol. The van der Waals surface area contributed by atoms with Crippen molar-refractivity contribution in [3.05, 3.63) is 35.4 Å². The molecule has 3 nitrogen and oxygen atoms in total. The number of rotatable bonds is 6. The molecule has 1 fully saturated rings. The predicted molar refractivity (Wildman–Crippen MR) is 71.7 cm³/mol. The van der Waals surface area contributed by atoms with Crippen molar-refractivity contribution in [2.24, 2.45) is 5.41 Å². The Balaban J connectivity index is 1.84. The average molecular weight is 247 g/mol. The lowest BCUT2D eigenvalue weighted by molar-refractivity contribution is -0.144. The van der Waals surface area contributed by atoms with Crippen LogP contribution in [0.2, 0.25) is 0 Å². The molecule has 0 saturated heterocycles. The van der Waals surface area contributed by atoms with Crippen molar-refractivity contribution < 1.29 is 9.90 Å². The number of hydrogen-bond acceptors (Lipinski definition) is 2. The normalized spacial score (nSPS) is 16.8. The molecule has 1 N–H and O–H groups in total. The minimum atomic E-state index is -0.634. The standard InChI is InChI=1S/C15H21NO2/c1-12-5-3-4-6-13(12)7-10-16(2)11-15(8-9-15)14(17)18/h3-6H,7-11H2,1-2H3,(H,17,18). The molecule has 98 valence electrons. The van der Waals surface area contributed by atoms with Gasteiger partial charge in [0.25, 0.3) is 0 Å². The second kappa shape index (κ2) is 5.11. The van der Waals surface area contributed by atoms with E-state index in [9.17, 15) is 4.79 Å². The third kappa shape index (κ3) is 2.91. The fraction of sp³-hybridized carbons (Fsp3) is 0.533. The summed E-state index contributed by atoms with van der Waals surface area (Å²) in [4.78, 5) is 13.3. The summed E-state index contributed by atoms with van der Waals surface area (Å²) in [6.07, 6.45) is 2.65. The highest BCUT2D eigenvalue weighted by molar-refractivity contribution is 5.78. The van der Waals surface area contributed by atoms with Crippen LogP contribution in [0.4, 0.5) is 0 Å². The highest BCUT2D eigenvalue weighted by atomic mass is 16.4. The lowest BCUT2D eigenvalue weighted by Gasteiger charge is -2.21. The fourth-order valence-electron chi connectivity index (χ4n) is 2.39. The maximum Gasteiger partial charge on any atom is 0.310 e. The SMILES string of the molecule is Cc1ccccc1CCN(C)CC1(C(=O)O)CC1. The van der Waals surface area contributed by atoms with Crippen molar-refractivity contribution in [2.75, 3.05) is 20.1 Å². The molecule has 0 bridgehead atoms. The fourth-order valence-corrected chi connectivity index (χ4v) is 2.39. The number of nitrogens with zero attached hydrogens (tertiary/aromatic N) is 1. The Hall–Kier alpha value is -1.35. The minimum Gasteiger partial charge on any atom is -0.481 e. The second-order valence-electron chi connectivity index (χ2n) is 5.50. The molecule has 1 aliphatic rings. The molecule has 1 saturated carbocycles. The lowest BCUT2D eigenvalue weighted by Crippen LogP contribution is -2.33. The van der Waals surface area contributed by atoms with Crippen molar-refractivity contribution in [2.45, 2.75) is 26.2 Å². The number of aliphatic carboxylic acids is 1. The van der Waals surface area contributed by atoms with Crippen LogP contribution in [0.25, 0.3) is 0 Å². The predicted octanol–water partition coefficient (Wildman–Crippen LogP) is 2.33. The molecule has 0 spiro atoms. The lowest BCUT2D eigenvalue weighted by atomic mass is 10.0. The van der Waals surface area contributed by atoms with Gasteiger partial charge in [0.15, 0.2) is 0 Å². The summed E-state index contributed by atoms with van der Waals surface area (Å²) in [7, 11) is 2.02. The van der Waals surface area contributed by atoms with Gasteiger partial charge in [-0.05, 0) is 44.4 Å². The van der Waals surface area contributed by atoms with Crippen LogP contribution in [-0.4, -0.2) is 36.1 Å². The van der Waals surface area contributed by atoms with Crippen LogP contribution in [0.5, 0.6) is 0 Å². The van der Waals surface area contributed by atoms with Crippen molar-refractivity contribution in [3.8, 4) is 0 Å². The van der Waals surface area contributed by atoms with Crippen molar-refractivity contribution >= 4 is 5.97 Å². The molecule has 0 heterocycles. The topological polar surface area (TPSA) is 40.5 Å². The van der Waals surface area contributed by atoms with Gasteiger partial charge in [-0.3, -0.25) is 4.79 Å². The van der Waals surface area contributed by atoms with Crippen LogP contribution in [0.15, 0.2) is 24.3 Å². The smallest absolute Gasteiger partial charge is 0.310 e. The van der Waals surface area contributed by atoms with E-state index in [0.29, 0.717) is 6.54 Å². The van der Waals surface area contributed by atoms with Gasteiger partial charge in [-0.1, -0.05) is 24.3 Å². The molecule has 0 radical (unpaired) electrons. The van der Waals surface area contributed by atoms with E-state index < -0.39 is 11.4 Å². The van der Waals surface area contributed by atoms with E-state index >= 15 is 0 Å². The molecule has 2 rings (SSSR count). The monoisotopic (exact) mass is 247 g/mol. The first-order valence-corrected chi connectivity index (χ1v) is 6.50. The number of hydrogen-bond donors (Lipinski definition) is 1. The van der Waals surface area contributed by atoms with Crippen LogP contribution < -0.4 is 0 Å². The van der Waals surface area contributed by atoms with E-state index in [-0.39, 0.29) is 0 Å². The number of benzene rings is 1. The Bertz CT molecular complexity index is 438. The van der Waals surface area contributed by atoms with Gasteiger partial charge >= 0.3 is 5.97 Å². The maximum absolute atomic E-state index is 11.1. The van der Waals surface area contributed by atoms with E-state index in [1.165, 1.54) is 11.1 Å². The summed E-state index contributed by atoms with van der Waals surface area (Å²) in [5.74, 6) is -0.634. The molecule has 0 amide bonds. The van der Waals surface area contributed by atoms with Crippen molar-refractivity contribution in [1.82, 2.24) is 4.90 Å². The van der Waals surface area contributed by atoms with Crippen LogP contribution in [0.3, 0.4) is 0 Å². The zero-order valence-electron chi connectivity index (χ0n) is 11.1. The molecule has 18 heavy (non-hydrogen) atoms. The third-order valence-corrected chi connectivity index (χ3v) is 3.90. The molecule has 1 aromatic carbocycles. The van der Waals surface area contributed by atoms with Crippen molar-refractivity contribution in [1.29, 1.82) is 0 Å². The van der Waals surface area contributed by atoms with E-state index in [1.54, 1.807) is 0 Å². The maximum atomic E-state index is 11.1. The first-order chi connectivity index (χ1) is 8.53. The van der Waals surface area contributed by atoms with Gasteiger partial charge in [0.05, 0.1) is 5.41 Å². The summed E-state index contributed by atoms with van der Waals surface area (Å²) in [6.45, 7) is 3.71. The summed E-state index contributed by atoms with van der Waals surface area (Å²) in [5.41, 5.74) is 2.22. The summed E-state index contributed by atoms with van der Waals surface area (Å²) in [5, 5.41) is 9.16. The number of carboxylic acids is 1. The van der Waals surface area contributed by atoms with Gasteiger partial charge in [0.2, 0.25) is 0 Å². The zero-order chi connectivity index (χ0) is 13.2. The zero-order valence-corrected chi connectivity index (χ0v) is 11.1. The van der Waals surface area contributed by atoms with Crippen LogP contribution in [-0.2, 0) is 11.2 Å². The quantitative estimate of drug-likeness (QED) is 0.838. The van der Waals surface area contributed by atoms with Gasteiger partial charge in [0.1, 0.15) is 0 Å². The molecule has 1 aromatic rings. The summed E-state index contributed by atoms with van der Waals surface area (Å²) < 4.78 is 0. The molecular formula is C15H21NO2. The Labute approximate surface area is 108 Å². The van der Waals surface area contributed by atoms with E-state index in [2.05, 4.69) is 30.0 Å². The van der Waals surface area contributed by atoms with E-state index in [0.717, 1.165) is 25.8 Å². The number of carbonyl (C=O) groups is 1. The van der Waals surface area contributed by atoms with Crippen LogP contribution >= 0.6 is 0 Å². The highest BCUT2D eigenvalue weighted by Gasteiger charge is 2.50. The van der Waals surface area contributed by atoms with Crippen LogP contribution in [0, 0.1) is 12.3 Å². The van der Waals surface area contributed by atoms with Gasteiger partial charge in [-0.15, -0.1) is 0 Å². The first kappa shape index (κ1) is 13.1. The average Bonchev–Trinajstić information content (AvgIpc) is 3.09. The molecule has 0 atom stereocenters. The van der Waals surface area contributed by atoms with Crippen molar-refractivity contribution in [3.63, 3.8) is 0 Å². The van der Waals surface area contributed by atoms with Crippen LogP contribution in [0.1, 0.15) is 24.0 Å². The Kier molecular flexibility index (Phi) is 3.71. The molecule has 3 heteroatoms. The number of carboxylic acid groups (broad SMARTS) is 1. The summed E-state index contributed by atoms with van der Waals surface area (Å²) >= 11 is 0. The Morgan fingerprint density at radius 3 is 2.61 bits per heavy atom. The van der Waals surface area contributed by atoms with Gasteiger partial charge in [-0.25, -0.2) is 0 Å². The Morgan fingerprint density at radius 1 is 1.39 bits per heavy atom. The Morgan fingerprint density at radius 2 is 2.06 bits per heavy atom. The molecule has 1 aliphatic carbocycles. The molecule has 0 unspecified atom stereocenters. The minimum absolute atomic E-state index is 0.444. The largest absolute Gasteiger partial charge is 0.481 e. The van der Waals surface area contributed by atoms with E-state index in [4.69, 9.17) is 5.11 Å². The molecule has 0 aliphatic heterocycles. The second-order valence-corrected chi connectivity index (χ2v) is 5.50. The number of aryl methyl sites for hydroxylation is 1. The van der Waals surface area contributed by atoms with Gasteiger partial charge in [-0.2, -0.15) is 0 Å². The third-order valence-electron chi connectivity index (χ3n) is 3.90. The van der Waals surface area contributed by atoms with E-state index in [1.807, 2.05) is 13.1 Å². The first-order valence-electron chi connectivity index (χ1n) is 6.50. The van der Waals surface area contributed by atoms with Gasteiger partial charge < -0.3 is 10.0 Å². The highest BCUT2D eigenvalue weighted by Crippen LogP contribution is 2.46.